The number of aryl methyl sites for hydroxylation is 1. The molecule has 0 spiro atoms. The van der Waals surface area contributed by atoms with Crippen molar-refractivity contribution < 1.29 is 36.2 Å². The van der Waals surface area contributed by atoms with Crippen LogP contribution in [0.4, 0.5) is 20.4 Å². The number of esters is 1. The van der Waals surface area contributed by atoms with Crippen LogP contribution in [0.15, 0.2) is 66.2 Å². The summed E-state index contributed by atoms with van der Waals surface area (Å²) in [6.07, 6.45) is 5.68. The van der Waals surface area contributed by atoms with Crippen LogP contribution in [0.2, 0.25) is 0 Å². The molecule has 1 N–H and O–H groups in total. The number of carbonyl (C=O) groups is 1. The minimum atomic E-state index is -4.49. The van der Waals surface area contributed by atoms with Gasteiger partial charge in [0.05, 0.1) is 25.8 Å². The maximum Gasteiger partial charge on any atom is 0.341 e. The summed E-state index contributed by atoms with van der Waals surface area (Å²) in [7, 11) is -1.41. The van der Waals surface area contributed by atoms with Gasteiger partial charge in [-0.2, -0.15) is 0 Å². The molecule has 0 atom stereocenters. The van der Waals surface area contributed by atoms with Gasteiger partial charge in [0.15, 0.2) is 0 Å². The zero-order chi connectivity index (χ0) is 33.7. The number of carbonyl (C=O) groups excluding carboxylic acids is 1. The van der Waals surface area contributed by atoms with E-state index in [-0.39, 0.29) is 30.3 Å². The second kappa shape index (κ2) is 13.9. The van der Waals surface area contributed by atoms with Crippen LogP contribution in [0.3, 0.4) is 0 Å². The first kappa shape index (κ1) is 32.9. The molecule has 0 unspecified atom stereocenters. The lowest BCUT2D eigenvalue weighted by atomic mass is 10.0. The number of aromatic nitrogens is 5. The van der Waals surface area contributed by atoms with Crippen molar-refractivity contribution >= 4 is 38.5 Å². The predicted molar refractivity (Wildman–Crippen MR) is 168 cm³/mol. The van der Waals surface area contributed by atoms with Gasteiger partial charge in [0.2, 0.25) is 11.8 Å². The molecule has 3 aromatic heterocycles. The van der Waals surface area contributed by atoms with Gasteiger partial charge in [-0.1, -0.05) is 0 Å². The average Bonchev–Trinajstić information content (AvgIpc) is 3.04. The van der Waals surface area contributed by atoms with E-state index in [1.54, 1.807) is 24.9 Å². The summed E-state index contributed by atoms with van der Waals surface area (Å²) < 4.78 is 72.5. The summed E-state index contributed by atoms with van der Waals surface area (Å²) in [5, 5.41) is 0.678. The van der Waals surface area contributed by atoms with Crippen LogP contribution >= 0.6 is 0 Å². The first-order valence-corrected chi connectivity index (χ1v) is 15.6. The second-order valence-corrected chi connectivity index (χ2v) is 11.7. The molecule has 16 heteroatoms. The number of benzene rings is 2. The lowest BCUT2D eigenvalue weighted by Gasteiger charge is -2.18. The monoisotopic (exact) mass is 665 g/mol. The number of ether oxygens (including phenoxy) is 3. The predicted octanol–water partition coefficient (Wildman–Crippen LogP) is 4.57. The van der Waals surface area contributed by atoms with Crippen LogP contribution in [-0.4, -0.2) is 73.2 Å². The zero-order valence-corrected chi connectivity index (χ0v) is 26.5. The molecule has 0 bridgehead atoms. The minimum Gasteiger partial charge on any atom is -0.489 e. The van der Waals surface area contributed by atoms with Gasteiger partial charge >= 0.3 is 5.97 Å². The van der Waals surface area contributed by atoms with Gasteiger partial charge in [-0.15, -0.1) is 0 Å². The Bertz CT molecular complexity index is 2050. The van der Waals surface area contributed by atoms with Crippen molar-refractivity contribution in [1.82, 2.24) is 24.9 Å². The van der Waals surface area contributed by atoms with Crippen molar-refractivity contribution in [3.63, 3.8) is 0 Å². The number of hydrogen-bond acceptors (Lipinski definition) is 12. The highest BCUT2D eigenvalue weighted by Gasteiger charge is 2.23. The Hall–Kier alpha value is -5.51. The fourth-order valence-electron chi connectivity index (χ4n) is 4.51. The lowest BCUT2D eigenvalue weighted by Crippen LogP contribution is -2.25. The summed E-state index contributed by atoms with van der Waals surface area (Å²) in [6.45, 7) is 4.32. The van der Waals surface area contributed by atoms with Crippen molar-refractivity contribution in [3.05, 3.63) is 84.2 Å². The highest BCUT2D eigenvalue weighted by Crippen LogP contribution is 2.35. The number of rotatable bonds is 12. The van der Waals surface area contributed by atoms with Crippen LogP contribution in [0.25, 0.3) is 22.0 Å². The molecule has 0 aliphatic heterocycles. The molecular formula is C31H29F2N7O6S. The van der Waals surface area contributed by atoms with Crippen molar-refractivity contribution in [2.24, 2.45) is 0 Å². The zero-order valence-electron chi connectivity index (χ0n) is 25.7. The molecule has 0 radical (unpaired) electrons. The summed E-state index contributed by atoms with van der Waals surface area (Å²) in [5.41, 5.74) is 2.43. The molecule has 0 saturated carbocycles. The number of methoxy groups -OCH3 is 1. The lowest BCUT2D eigenvalue weighted by molar-refractivity contribution is 0.0525. The molecule has 13 nitrogen and oxygen atoms in total. The number of halogens is 2. The van der Waals surface area contributed by atoms with Crippen LogP contribution in [0.1, 0.15) is 23.0 Å². The third-order valence-corrected chi connectivity index (χ3v) is 8.28. The van der Waals surface area contributed by atoms with Gasteiger partial charge in [0.25, 0.3) is 10.0 Å². The van der Waals surface area contributed by atoms with E-state index in [0.29, 0.717) is 52.0 Å². The Morgan fingerprint density at radius 2 is 1.74 bits per heavy atom. The molecular weight excluding hydrogens is 636 g/mol. The van der Waals surface area contributed by atoms with Crippen LogP contribution in [0, 0.1) is 18.6 Å². The Morgan fingerprint density at radius 3 is 2.45 bits per heavy atom. The van der Waals surface area contributed by atoms with Crippen LogP contribution in [0.5, 0.6) is 11.6 Å². The molecule has 5 aromatic rings. The Morgan fingerprint density at radius 1 is 0.979 bits per heavy atom. The van der Waals surface area contributed by atoms with Gasteiger partial charge in [0, 0.05) is 48.3 Å². The quantitative estimate of drug-likeness (QED) is 0.185. The van der Waals surface area contributed by atoms with Gasteiger partial charge < -0.3 is 19.1 Å². The first-order chi connectivity index (χ1) is 22.5. The number of hydrogen-bond donors (Lipinski definition) is 1. The SMILES string of the molecule is CCOC(=O)c1cnc(N(C)CCOc2cc(-c3cnc(OC)c(NS(=O)(=O)c4ccc(F)cc4F)c3)cc3c(C)ncnc23)nc1. The minimum absolute atomic E-state index is 0.0721. The number of fused-ring (bicyclic) bond motifs is 1. The van der Waals surface area contributed by atoms with Crippen LogP contribution < -0.4 is 19.1 Å². The smallest absolute Gasteiger partial charge is 0.341 e. The fourth-order valence-corrected chi connectivity index (χ4v) is 5.61. The molecule has 0 saturated heterocycles. The van der Waals surface area contributed by atoms with Crippen molar-refractivity contribution in [1.29, 1.82) is 0 Å². The van der Waals surface area contributed by atoms with E-state index in [1.807, 2.05) is 13.0 Å². The Kier molecular flexibility index (Phi) is 9.70. The number of pyridine rings is 1. The van der Waals surface area contributed by atoms with Crippen molar-refractivity contribution in [2.75, 3.05) is 43.5 Å². The molecule has 0 amide bonds. The molecule has 0 aliphatic rings. The molecule has 47 heavy (non-hydrogen) atoms. The fraction of sp³-hybridized carbons (Fsp3) is 0.226. The van der Waals surface area contributed by atoms with Crippen molar-refractivity contribution in [3.8, 4) is 22.8 Å². The number of nitrogens with one attached hydrogen (secondary N) is 1. The summed E-state index contributed by atoms with van der Waals surface area (Å²) >= 11 is 0. The van der Waals surface area contributed by atoms with E-state index in [1.165, 1.54) is 38.1 Å². The first-order valence-electron chi connectivity index (χ1n) is 14.1. The highest BCUT2D eigenvalue weighted by molar-refractivity contribution is 7.92. The summed E-state index contributed by atoms with van der Waals surface area (Å²) in [6, 6.07) is 7.16. The molecule has 3 heterocycles. The number of likely N-dealkylation sites (N-methyl/N-ethyl adjacent to an activating group) is 1. The number of nitrogens with zero attached hydrogens (tertiary/aromatic N) is 6. The van der Waals surface area contributed by atoms with Gasteiger partial charge in [-0.05, 0) is 49.7 Å². The van der Waals surface area contributed by atoms with Gasteiger partial charge in [-0.25, -0.2) is 46.9 Å². The topological polar surface area (TPSA) is 159 Å². The average molecular weight is 666 g/mol. The number of anilines is 2. The standard InChI is InChI=1S/C31H29F2N7O6S/c1-5-45-30(41)21-15-35-31(36-16-21)40(3)8-9-46-26-12-19(10-23-18(2)37-17-38-28(23)26)20-11-25(29(44-4)34-14-20)39-47(42,43)27-7-6-22(32)13-24(27)33/h6-7,10-17,39H,5,8-9H2,1-4H3. The summed E-state index contributed by atoms with van der Waals surface area (Å²) in [5.74, 6) is -1.96. The molecule has 0 fully saturated rings. The second-order valence-electron chi connectivity index (χ2n) is 10.1. The van der Waals surface area contributed by atoms with E-state index in [4.69, 9.17) is 14.2 Å². The van der Waals surface area contributed by atoms with Gasteiger partial charge in [0.1, 0.15) is 46.4 Å². The molecule has 244 valence electrons. The maximum absolute atomic E-state index is 14.4. The normalized spacial score (nSPS) is 11.3. The molecule has 5 rings (SSSR count). The van der Waals surface area contributed by atoms with Crippen LogP contribution in [-0.2, 0) is 14.8 Å². The van der Waals surface area contributed by atoms with Gasteiger partial charge in [-0.3, -0.25) is 4.72 Å². The molecule has 0 aliphatic carbocycles. The molecule has 2 aromatic carbocycles. The van der Waals surface area contributed by atoms with Crippen molar-refractivity contribution in [2.45, 2.75) is 18.7 Å². The van der Waals surface area contributed by atoms with E-state index < -0.39 is 32.5 Å². The van der Waals surface area contributed by atoms with E-state index in [9.17, 15) is 22.0 Å². The maximum atomic E-state index is 14.4. The Balaban J connectivity index is 1.41. The highest BCUT2D eigenvalue weighted by atomic mass is 32.2. The van der Waals surface area contributed by atoms with E-state index in [0.717, 1.165) is 12.1 Å². The number of sulfonamides is 1. The Labute approximate surface area is 268 Å². The van der Waals surface area contributed by atoms with E-state index >= 15 is 0 Å². The third-order valence-electron chi connectivity index (χ3n) is 6.88. The summed E-state index contributed by atoms with van der Waals surface area (Å²) in [4.78, 5) is 34.3. The third kappa shape index (κ3) is 7.33. The largest absolute Gasteiger partial charge is 0.489 e. The van der Waals surface area contributed by atoms with E-state index in [2.05, 4.69) is 29.6 Å².